The number of benzene rings is 2. The smallest absolute Gasteiger partial charge is 0.410 e. The maximum absolute atomic E-state index is 12.7. The lowest BCUT2D eigenvalue weighted by atomic mass is 10.1. The van der Waals surface area contributed by atoms with Gasteiger partial charge in [-0.1, -0.05) is 53.5 Å². The first kappa shape index (κ1) is 27.7. The number of piperazine rings is 1. The molecule has 0 unspecified atom stereocenters. The van der Waals surface area contributed by atoms with E-state index in [1.165, 1.54) is 4.90 Å². The van der Waals surface area contributed by atoms with Gasteiger partial charge >= 0.3 is 6.09 Å². The number of hydrogen-bond acceptors (Lipinski definition) is 7. The molecule has 1 aliphatic rings. The van der Waals surface area contributed by atoms with Gasteiger partial charge in [-0.25, -0.2) is 14.8 Å². The van der Waals surface area contributed by atoms with Crippen molar-refractivity contribution in [2.45, 2.75) is 13.2 Å². The van der Waals surface area contributed by atoms with E-state index in [0.717, 1.165) is 48.7 Å². The van der Waals surface area contributed by atoms with Gasteiger partial charge in [0.15, 0.2) is 0 Å². The number of carbonyl (C=O) groups excluding carboxylic acids is 1. The molecule has 5 rings (SSSR count). The van der Waals surface area contributed by atoms with Crippen LogP contribution < -0.4 is 15.0 Å². The number of rotatable bonds is 8. The quantitative estimate of drug-likeness (QED) is 0.259. The van der Waals surface area contributed by atoms with E-state index in [1.807, 2.05) is 48.5 Å². The zero-order chi connectivity index (χ0) is 27.9. The molecule has 3 heterocycles. The van der Waals surface area contributed by atoms with Gasteiger partial charge in [-0.2, -0.15) is 0 Å². The van der Waals surface area contributed by atoms with Crippen molar-refractivity contribution < 1.29 is 14.3 Å². The lowest BCUT2D eigenvalue weighted by molar-refractivity contribution is 0.103. The molecule has 0 saturated carbocycles. The molecule has 2 aromatic carbocycles. The molecule has 0 aliphatic carbocycles. The standard InChI is InChI=1S/C30H29Cl2N5O3/c1-36(30(38)39-20-21-5-3-2-4-6-21)19-22-13-27(23-15-24(31)17-25(32)16-23)35-29(14-22)40-26-7-8-28(34-18-26)37-11-9-33-10-12-37/h2-8,13-18,33H,9-12,19-20H2,1H3. The molecule has 206 valence electrons. The van der Waals surface area contributed by atoms with Crippen LogP contribution in [0.5, 0.6) is 11.6 Å². The molecule has 2 aromatic heterocycles. The minimum Gasteiger partial charge on any atom is -0.445 e. The van der Waals surface area contributed by atoms with Gasteiger partial charge in [0, 0.05) is 61.4 Å². The van der Waals surface area contributed by atoms with Crippen molar-refractivity contribution in [2.75, 3.05) is 38.1 Å². The topological polar surface area (TPSA) is 79.8 Å². The second-order valence-electron chi connectivity index (χ2n) is 9.44. The predicted octanol–water partition coefficient (Wildman–Crippen LogP) is 6.42. The second kappa shape index (κ2) is 13.0. The van der Waals surface area contributed by atoms with E-state index >= 15 is 0 Å². The van der Waals surface area contributed by atoms with E-state index in [0.29, 0.717) is 27.4 Å². The van der Waals surface area contributed by atoms with Gasteiger partial charge in [-0.05, 0) is 47.5 Å². The van der Waals surface area contributed by atoms with Gasteiger partial charge in [0.1, 0.15) is 18.2 Å². The maximum atomic E-state index is 12.7. The minimum atomic E-state index is -0.441. The van der Waals surface area contributed by atoms with Gasteiger partial charge in [0.2, 0.25) is 5.88 Å². The van der Waals surface area contributed by atoms with Crippen molar-refractivity contribution in [1.29, 1.82) is 0 Å². The largest absolute Gasteiger partial charge is 0.445 e. The first-order chi connectivity index (χ1) is 19.4. The van der Waals surface area contributed by atoms with Crippen LogP contribution in [0.25, 0.3) is 11.3 Å². The van der Waals surface area contributed by atoms with Crippen LogP contribution >= 0.6 is 23.2 Å². The summed E-state index contributed by atoms with van der Waals surface area (Å²) >= 11 is 12.5. The average molecular weight is 579 g/mol. The van der Waals surface area contributed by atoms with Crippen LogP contribution in [0.1, 0.15) is 11.1 Å². The van der Waals surface area contributed by atoms with Crippen molar-refractivity contribution in [3.05, 3.63) is 100 Å². The highest BCUT2D eigenvalue weighted by atomic mass is 35.5. The molecular formula is C30H29Cl2N5O3. The number of halogens is 2. The predicted molar refractivity (Wildman–Crippen MR) is 157 cm³/mol. The number of pyridine rings is 2. The number of anilines is 1. The molecule has 4 aromatic rings. The summed E-state index contributed by atoms with van der Waals surface area (Å²) in [7, 11) is 1.68. The molecule has 8 nitrogen and oxygen atoms in total. The summed E-state index contributed by atoms with van der Waals surface area (Å²) in [6, 6.07) is 22.3. The number of hydrogen-bond donors (Lipinski definition) is 1. The van der Waals surface area contributed by atoms with Gasteiger partial charge in [-0.3, -0.25) is 0 Å². The molecule has 40 heavy (non-hydrogen) atoms. The fraction of sp³-hybridized carbons (Fsp3) is 0.233. The van der Waals surface area contributed by atoms with Gasteiger partial charge in [0.25, 0.3) is 0 Å². The first-order valence-electron chi connectivity index (χ1n) is 12.9. The number of aromatic nitrogens is 2. The number of ether oxygens (including phenoxy) is 2. The zero-order valence-corrected chi connectivity index (χ0v) is 23.5. The lowest BCUT2D eigenvalue weighted by Crippen LogP contribution is -2.43. The van der Waals surface area contributed by atoms with Gasteiger partial charge in [0.05, 0.1) is 11.9 Å². The highest BCUT2D eigenvalue weighted by Crippen LogP contribution is 2.30. The summed E-state index contributed by atoms with van der Waals surface area (Å²) in [5, 5.41) is 4.33. The summed E-state index contributed by atoms with van der Waals surface area (Å²) in [5.41, 5.74) is 3.04. The first-order valence-corrected chi connectivity index (χ1v) is 13.7. The van der Waals surface area contributed by atoms with E-state index in [1.54, 1.807) is 37.5 Å². The summed E-state index contributed by atoms with van der Waals surface area (Å²) in [6.45, 7) is 4.14. The molecule has 0 radical (unpaired) electrons. The van der Waals surface area contributed by atoms with Crippen molar-refractivity contribution in [1.82, 2.24) is 20.2 Å². The highest BCUT2D eigenvalue weighted by molar-refractivity contribution is 6.35. The summed E-state index contributed by atoms with van der Waals surface area (Å²) < 4.78 is 11.6. The molecule has 1 N–H and O–H groups in total. The molecular weight excluding hydrogens is 549 g/mol. The number of amides is 1. The van der Waals surface area contributed by atoms with Crippen LogP contribution in [-0.2, 0) is 17.9 Å². The number of nitrogens with one attached hydrogen (secondary N) is 1. The third kappa shape index (κ3) is 7.41. The molecule has 1 fully saturated rings. The SMILES string of the molecule is CN(Cc1cc(Oc2ccc(N3CCNCC3)nc2)nc(-c2cc(Cl)cc(Cl)c2)c1)C(=O)OCc1ccccc1. The second-order valence-corrected chi connectivity index (χ2v) is 10.3. The average Bonchev–Trinajstić information content (AvgIpc) is 2.96. The van der Waals surface area contributed by atoms with E-state index in [2.05, 4.69) is 15.2 Å². The van der Waals surface area contributed by atoms with Crippen molar-refractivity contribution >= 4 is 35.1 Å². The van der Waals surface area contributed by atoms with Crippen LogP contribution in [0.3, 0.4) is 0 Å². The van der Waals surface area contributed by atoms with E-state index in [9.17, 15) is 4.79 Å². The van der Waals surface area contributed by atoms with Crippen molar-refractivity contribution in [3.8, 4) is 22.9 Å². The lowest BCUT2D eigenvalue weighted by Gasteiger charge is -2.28. The Bertz CT molecular complexity index is 1430. The Labute approximate surface area is 243 Å². The van der Waals surface area contributed by atoms with Crippen LogP contribution in [0, 0.1) is 0 Å². The Morgan fingerprint density at radius 1 is 0.975 bits per heavy atom. The zero-order valence-electron chi connectivity index (χ0n) is 22.0. The Hall–Kier alpha value is -3.85. The third-order valence-electron chi connectivity index (χ3n) is 6.34. The van der Waals surface area contributed by atoms with E-state index in [-0.39, 0.29) is 13.2 Å². The van der Waals surface area contributed by atoms with Gasteiger partial charge < -0.3 is 24.6 Å². The normalized spacial score (nSPS) is 13.1. The Balaban J connectivity index is 1.35. The molecule has 1 saturated heterocycles. The number of nitrogens with zero attached hydrogens (tertiary/aromatic N) is 4. The Morgan fingerprint density at radius 3 is 2.42 bits per heavy atom. The van der Waals surface area contributed by atoms with Crippen LogP contribution in [0.4, 0.5) is 10.6 Å². The molecule has 10 heteroatoms. The Morgan fingerprint density at radius 2 is 1.73 bits per heavy atom. The van der Waals surface area contributed by atoms with E-state index in [4.69, 9.17) is 37.7 Å². The molecule has 1 amide bonds. The Kier molecular flexibility index (Phi) is 9.01. The van der Waals surface area contributed by atoms with Crippen LogP contribution in [-0.4, -0.2) is 54.2 Å². The minimum absolute atomic E-state index is 0.192. The molecule has 0 spiro atoms. The van der Waals surface area contributed by atoms with Crippen molar-refractivity contribution in [3.63, 3.8) is 0 Å². The third-order valence-corrected chi connectivity index (χ3v) is 6.78. The van der Waals surface area contributed by atoms with Crippen LogP contribution in [0.15, 0.2) is 79.0 Å². The molecule has 1 aliphatic heterocycles. The summed E-state index contributed by atoms with van der Waals surface area (Å²) in [4.78, 5) is 25.7. The molecule has 0 bridgehead atoms. The van der Waals surface area contributed by atoms with Crippen molar-refractivity contribution in [2.24, 2.45) is 0 Å². The maximum Gasteiger partial charge on any atom is 0.410 e. The molecule has 0 atom stereocenters. The highest BCUT2D eigenvalue weighted by Gasteiger charge is 2.16. The van der Waals surface area contributed by atoms with Gasteiger partial charge in [-0.15, -0.1) is 0 Å². The van der Waals surface area contributed by atoms with E-state index < -0.39 is 6.09 Å². The summed E-state index contributed by atoms with van der Waals surface area (Å²) in [5.74, 6) is 1.81. The fourth-order valence-corrected chi connectivity index (χ4v) is 4.88. The monoisotopic (exact) mass is 577 g/mol. The van der Waals surface area contributed by atoms with Crippen LogP contribution in [0.2, 0.25) is 10.0 Å². The fourth-order valence-electron chi connectivity index (χ4n) is 4.35. The number of carbonyl (C=O) groups is 1. The summed E-state index contributed by atoms with van der Waals surface area (Å²) in [6.07, 6.45) is 1.25.